The molecule has 2 aromatic rings. The SMILES string of the molecule is O=C(O)CC[C@H]1CCc2[nH]c3ccccc3c2C1. The molecule has 1 heterocycles. The number of benzene rings is 1. The predicted molar refractivity (Wildman–Crippen MR) is 70.7 cm³/mol. The van der Waals surface area contributed by atoms with Gasteiger partial charge in [0.25, 0.3) is 0 Å². The lowest BCUT2D eigenvalue weighted by molar-refractivity contribution is -0.137. The van der Waals surface area contributed by atoms with E-state index in [1.54, 1.807) is 0 Å². The maximum atomic E-state index is 10.6. The average molecular weight is 243 g/mol. The van der Waals surface area contributed by atoms with Gasteiger partial charge in [0, 0.05) is 23.0 Å². The Morgan fingerprint density at radius 2 is 2.22 bits per heavy atom. The summed E-state index contributed by atoms with van der Waals surface area (Å²) in [5.74, 6) is -0.160. The maximum Gasteiger partial charge on any atom is 0.303 e. The molecule has 94 valence electrons. The number of carboxylic acid groups (broad SMARTS) is 1. The molecule has 3 nitrogen and oxygen atoms in total. The molecular weight excluding hydrogens is 226 g/mol. The molecule has 3 rings (SSSR count). The molecule has 1 atom stereocenters. The summed E-state index contributed by atoms with van der Waals surface area (Å²) >= 11 is 0. The van der Waals surface area contributed by atoms with Crippen molar-refractivity contribution in [3.8, 4) is 0 Å². The maximum absolute atomic E-state index is 10.6. The van der Waals surface area contributed by atoms with E-state index in [1.165, 1.54) is 22.2 Å². The van der Waals surface area contributed by atoms with E-state index in [9.17, 15) is 4.79 Å². The lowest BCUT2D eigenvalue weighted by atomic mass is 9.84. The van der Waals surface area contributed by atoms with E-state index in [4.69, 9.17) is 5.11 Å². The molecule has 2 N–H and O–H groups in total. The van der Waals surface area contributed by atoms with E-state index < -0.39 is 5.97 Å². The van der Waals surface area contributed by atoms with E-state index in [0.717, 1.165) is 25.7 Å². The average Bonchev–Trinajstić information content (AvgIpc) is 2.74. The van der Waals surface area contributed by atoms with Crippen molar-refractivity contribution in [1.82, 2.24) is 4.98 Å². The molecule has 0 spiro atoms. The minimum atomic E-state index is -0.681. The van der Waals surface area contributed by atoms with Gasteiger partial charge < -0.3 is 10.1 Å². The first-order chi connectivity index (χ1) is 8.74. The van der Waals surface area contributed by atoms with Gasteiger partial charge >= 0.3 is 5.97 Å². The molecule has 18 heavy (non-hydrogen) atoms. The minimum Gasteiger partial charge on any atom is -0.481 e. The van der Waals surface area contributed by atoms with Gasteiger partial charge in [-0.05, 0) is 43.2 Å². The summed E-state index contributed by atoms with van der Waals surface area (Å²) in [6.45, 7) is 0. The van der Waals surface area contributed by atoms with Crippen LogP contribution in [0.25, 0.3) is 10.9 Å². The first-order valence-corrected chi connectivity index (χ1v) is 6.54. The van der Waals surface area contributed by atoms with Crippen molar-refractivity contribution in [3.05, 3.63) is 35.5 Å². The van der Waals surface area contributed by atoms with Crippen molar-refractivity contribution in [2.75, 3.05) is 0 Å². The number of carboxylic acids is 1. The van der Waals surface area contributed by atoms with Crippen LogP contribution >= 0.6 is 0 Å². The number of H-pyrrole nitrogens is 1. The highest BCUT2D eigenvalue weighted by atomic mass is 16.4. The van der Waals surface area contributed by atoms with Crippen LogP contribution in [0.3, 0.4) is 0 Å². The van der Waals surface area contributed by atoms with Gasteiger partial charge in [-0.3, -0.25) is 4.79 Å². The smallest absolute Gasteiger partial charge is 0.303 e. The van der Waals surface area contributed by atoms with Gasteiger partial charge in [0.2, 0.25) is 0 Å². The number of hydrogen-bond acceptors (Lipinski definition) is 1. The second-order valence-electron chi connectivity index (χ2n) is 5.17. The fraction of sp³-hybridized carbons (Fsp3) is 0.400. The molecule has 0 amide bonds. The van der Waals surface area contributed by atoms with Gasteiger partial charge in [-0.2, -0.15) is 0 Å². The van der Waals surface area contributed by atoms with Crippen LogP contribution in [-0.4, -0.2) is 16.1 Å². The number of aromatic amines is 1. The highest BCUT2D eigenvalue weighted by Crippen LogP contribution is 2.33. The molecule has 0 saturated carbocycles. The second-order valence-corrected chi connectivity index (χ2v) is 5.17. The highest BCUT2D eigenvalue weighted by molar-refractivity contribution is 5.84. The Morgan fingerprint density at radius 1 is 1.39 bits per heavy atom. The normalized spacial score (nSPS) is 18.8. The van der Waals surface area contributed by atoms with Crippen LogP contribution in [0.2, 0.25) is 0 Å². The van der Waals surface area contributed by atoms with Crippen LogP contribution in [-0.2, 0) is 17.6 Å². The number of aliphatic carboxylic acids is 1. The van der Waals surface area contributed by atoms with Crippen LogP contribution in [0.4, 0.5) is 0 Å². The van der Waals surface area contributed by atoms with Gasteiger partial charge in [-0.1, -0.05) is 18.2 Å². The Labute approximate surface area is 106 Å². The van der Waals surface area contributed by atoms with Gasteiger partial charge in [0.15, 0.2) is 0 Å². The van der Waals surface area contributed by atoms with Gasteiger partial charge in [0.05, 0.1) is 0 Å². The summed E-state index contributed by atoms with van der Waals surface area (Å²) in [6.07, 6.45) is 4.27. The molecule has 0 radical (unpaired) electrons. The topological polar surface area (TPSA) is 53.1 Å². The third-order valence-corrected chi connectivity index (χ3v) is 3.96. The van der Waals surface area contributed by atoms with Crippen molar-refractivity contribution in [1.29, 1.82) is 0 Å². The summed E-state index contributed by atoms with van der Waals surface area (Å²) < 4.78 is 0. The summed E-state index contributed by atoms with van der Waals surface area (Å²) in [5.41, 5.74) is 3.97. The Morgan fingerprint density at radius 3 is 3.06 bits per heavy atom. The van der Waals surface area contributed by atoms with Gasteiger partial charge in [-0.15, -0.1) is 0 Å². The number of nitrogens with one attached hydrogen (secondary N) is 1. The first kappa shape index (κ1) is 11.3. The van der Waals surface area contributed by atoms with Crippen molar-refractivity contribution in [2.24, 2.45) is 5.92 Å². The number of aryl methyl sites for hydroxylation is 1. The van der Waals surface area contributed by atoms with Crippen molar-refractivity contribution < 1.29 is 9.90 Å². The quantitative estimate of drug-likeness (QED) is 0.870. The van der Waals surface area contributed by atoms with Crippen molar-refractivity contribution in [3.63, 3.8) is 0 Å². The monoisotopic (exact) mass is 243 g/mol. The number of aromatic nitrogens is 1. The van der Waals surface area contributed by atoms with E-state index in [2.05, 4.69) is 23.2 Å². The molecule has 1 aromatic carbocycles. The number of carbonyl (C=O) groups is 1. The third-order valence-electron chi connectivity index (χ3n) is 3.96. The van der Waals surface area contributed by atoms with E-state index in [0.29, 0.717) is 12.3 Å². The Balaban J connectivity index is 1.85. The van der Waals surface area contributed by atoms with E-state index in [-0.39, 0.29) is 0 Å². The van der Waals surface area contributed by atoms with Gasteiger partial charge in [0.1, 0.15) is 0 Å². The zero-order chi connectivity index (χ0) is 12.5. The summed E-state index contributed by atoms with van der Waals surface area (Å²) in [4.78, 5) is 14.1. The molecule has 1 aromatic heterocycles. The third kappa shape index (κ3) is 2.01. The lowest BCUT2D eigenvalue weighted by Crippen LogP contribution is -2.14. The number of fused-ring (bicyclic) bond motifs is 3. The predicted octanol–water partition coefficient (Wildman–Crippen LogP) is 3.14. The molecule has 0 saturated heterocycles. The summed E-state index contributed by atoms with van der Waals surface area (Å²) in [6, 6.07) is 8.38. The van der Waals surface area contributed by atoms with Crippen molar-refractivity contribution in [2.45, 2.75) is 32.1 Å². The molecular formula is C15H17NO2. The first-order valence-electron chi connectivity index (χ1n) is 6.54. The molecule has 0 bridgehead atoms. The molecule has 1 aliphatic rings. The molecule has 0 aliphatic heterocycles. The number of hydrogen-bond donors (Lipinski definition) is 2. The second kappa shape index (κ2) is 4.48. The standard InChI is InChI=1S/C15H17NO2/c17-15(18)8-6-10-5-7-14-12(9-10)11-3-1-2-4-13(11)16-14/h1-4,10,16H,5-9H2,(H,17,18)/t10-/m1/s1. The lowest BCUT2D eigenvalue weighted by Gasteiger charge is -2.21. The van der Waals surface area contributed by atoms with Crippen LogP contribution in [0.1, 0.15) is 30.5 Å². The largest absolute Gasteiger partial charge is 0.481 e. The van der Waals surface area contributed by atoms with Crippen LogP contribution in [0, 0.1) is 5.92 Å². The Bertz CT molecular complexity index is 585. The summed E-state index contributed by atoms with van der Waals surface area (Å²) in [5, 5.41) is 10.1. The van der Waals surface area contributed by atoms with Crippen LogP contribution in [0.5, 0.6) is 0 Å². The summed E-state index contributed by atoms with van der Waals surface area (Å²) in [7, 11) is 0. The number of rotatable bonds is 3. The zero-order valence-electron chi connectivity index (χ0n) is 10.3. The van der Waals surface area contributed by atoms with E-state index >= 15 is 0 Å². The van der Waals surface area contributed by atoms with E-state index in [1.807, 2.05) is 6.07 Å². The molecule has 3 heteroatoms. The van der Waals surface area contributed by atoms with Crippen molar-refractivity contribution >= 4 is 16.9 Å². The number of para-hydroxylation sites is 1. The highest BCUT2D eigenvalue weighted by Gasteiger charge is 2.22. The fourth-order valence-electron chi connectivity index (χ4n) is 3.02. The fourth-order valence-corrected chi connectivity index (χ4v) is 3.02. The Kier molecular flexibility index (Phi) is 2.82. The Hall–Kier alpha value is -1.77. The van der Waals surface area contributed by atoms with Gasteiger partial charge in [-0.25, -0.2) is 0 Å². The zero-order valence-corrected chi connectivity index (χ0v) is 10.3. The molecule has 1 aliphatic carbocycles. The molecule has 0 fully saturated rings. The van der Waals surface area contributed by atoms with Crippen LogP contribution < -0.4 is 0 Å². The minimum absolute atomic E-state index is 0.294. The molecule has 0 unspecified atom stereocenters. The van der Waals surface area contributed by atoms with Crippen LogP contribution in [0.15, 0.2) is 24.3 Å².